The third kappa shape index (κ3) is 3.13. The number of amides is 2. The summed E-state index contributed by atoms with van der Waals surface area (Å²) in [5, 5.41) is 1.99. The van der Waals surface area contributed by atoms with Gasteiger partial charge in [-0.3, -0.25) is 14.4 Å². The van der Waals surface area contributed by atoms with E-state index in [9.17, 15) is 14.4 Å². The van der Waals surface area contributed by atoms with Crippen LogP contribution in [0.5, 0.6) is 5.75 Å². The minimum atomic E-state index is -0.751. The Morgan fingerprint density at radius 2 is 1.61 bits per heavy atom. The number of hydrogen-bond acceptors (Lipinski definition) is 5. The molecule has 0 aliphatic carbocycles. The maximum absolute atomic E-state index is 14.0. The van der Waals surface area contributed by atoms with E-state index in [1.54, 1.807) is 7.11 Å². The summed E-state index contributed by atoms with van der Waals surface area (Å²) < 4.78 is 5.39. The van der Waals surface area contributed by atoms with Gasteiger partial charge in [-0.15, -0.1) is 0 Å². The second-order valence-corrected chi connectivity index (χ2v) is 10.8. The largest absolute Gasteiger partial charge is 0.497 e. The molecule has 6 nitrogen and oxygen atoms in total. The van der Waals surface area contributed by atoms with E-state index in [1.807, 2.05) is 98.5 Å². The molecule has 3 aliphatic rings. The van der Waals surface area contributed by atoms with Gasteiger partial charge in [0.25, 0.3) is 0 Å². The standard InChI is InChI=1S/C30H28N2O4/c1-30(2,3)27(33)26-25-24(23-13-10-19-16-21(36-4)12-14-22(19)32(23)26)28(34)31(29(25)35)20-11-9-17-7-5-6-8-18(17)15-20/h5-16,23-26H,1-4H3. The van der Waals surface area contributed by atoms with Crippen molar-refractivity contribution in [1.29, 1.82) is 0 Å². The van der Waals surface area contributed by atoms with Crippen LogP contribution in [0.1, 0.15) is 26.3 Å². The number of rotatable bonds is 3. The summed E-state index contributed by atoms with van der Waals surface area (Å²) in [5.41, 5.74) is 1.62. The Balaban J connectivity index is 1.48. The summed E-state index contributed by atoms with van der Waals surface area (Å²) >= 11 is 0. The van der Waals surface area contributed by atoms with E-state index in [1.165, 1.54) is 4.90 Å². The Kier molecular flexibility index (Phi) is 4.87. The number of nitrogens with zero attached hydrogens (tertiary/aromatic N) is 2. The van der Waals surface area contributed by atoms with E-state index in [4.69, 9.17) is 4.74 Å². The van der Waals surface area contributed by atoms with E-state index < -0.39 is 23.3 Å². The molecule has 3 aliphatic heterocycles. The summed E-state index contributed by atoms with van der Waals surface area (Å²) in [5.74, 6) is -1.27. The molecular weight excluding hydrogens is 452 g/mol. The molecule has 0 N–H and O–H groups in total. The fourth-order valence-corrected chi connectivity index (χ4v) is 5.99. The SMILES string of the molecule is COc1ccc2c(c1)C=CC1C3C(=O)N(c4ccc5ccccc5c4)C(=O)C3C(C(=O)C(C)(C)C)N21. The molecular formula is C30H28N2O4. The van der Waals surface area contributed by atoms with E-state index >= 15 is 0 Å². The first-order valence-electron chi connectivity index (χ1n) is 12.3. The molecule has 6 heteroatoms. The number of ether oxygens (including phenoxy) is 1. The molecule has 4 unspecified atom stereocenters. The lowest BCUT2D eigenvalue weighted by atomic mass is 9.79. The lowest BCUT2D eigenvalue weighted by Crippen LogP contribution is -2.51. The monoisotopic (exact) mass is 480 g/mol. The molecule has 3 aromatic rings. The fourth-order valence-electron chi connectivity index (χ4n) is 5.99. The van der Waals surface area contributed by atoms with Crippen molar-refractivity contribution in [3.63, 3.8) is 0 Å². The fraction of sp³-hybridized carbons (Fsp3) is 0.300. The van der Waals surface area contributed by atoms with Gasteiger partial charge in [-0.1, -0.05) is 63.3 Å². The number of ketones is 1. The van der Waals surface area contributed by atoms with E-state index in [0.717, 1.165) is 22.0 Å². The van der Waals surface area contributed by atoms with Crippen molar-refractivity contribution in [2.75, 3.05) is 16.9 Å². The maximum atomic E-state index is 14.0. The summed E-state index contributed by atoms with van der Waals surface area (Å²) in [4.78, 5) is 45.2. The molecule has 182 valence electrons. The van der Waals surface area contributed by atoms with Gasteiger partial charge < -0.3 is 9.64 Å². The van der Waals surface area contributed by atoms with Crippen LogP contribution in [0.15, 0.2) is 66.7 Å². The quantitative estimate of drug-likeness (QED) is 0.501. The molecule has 6 rings (SSSR count). The third-order valence-corrected chi connectivity index (χ3v) is 7.71. The maximum Gasteiger partial charge on any atom is 0.240 e. The van der Waals surface area contributed by atoms with Crippen LogP contribution in [-0.2, 0) is 14.4 Å². The first-order chi connectivity index (χ1) is 17.2. The lowest BCUT2D eigenvalue weighted by Gasteiger charge is -2.38. The van der Waals surface area contributed by atoms with E-state index in [0.29, 0.717) is 11.4 Å². The molecule has 0 saturated carbocycles. The minimum Gasteiger partial charge on any atom is -0.497 e. The molecule has 36 heavy (non-hydrogen) atoms. The highest BCUT2D eigenvalue weighted by atomic mass is 16.5. The Morgan fingerprint density at radius 1 is 0.889 bits per heavy atom. The second kappa shape index (κ2) is 7.79. The van der Waals surface area contributed by atoms with Crippen molar-refractivity contribution in [2.24, 2.45) is 17.3 Å². The van der Waals surface area contributed by atoms with E-state index in [-0.39, 0.29) is 23.6 Å². The Hall–Kier alpha value is -3.93. The summed E-state index contributed by atoms with van der Waals surface area (Å²) in [7, 11) is 1.61. The van der Waals surface area contributed by atoms with Crippen molar-refractivity contribution < 1.29 is 19.1 Å². The predicted octanol–water partition coefficient (Wildman–Crippen LogP) is 4.85. The Morgan fingerprint density at radius 3 is 2.33 bits per heavy atom. The molecule has 0 aromatic heterocycles. The molecule has 0 radical (unpaired) electrons. The van der Waals surface area contributed by atoms with Gasteiger partial charge in [0.15, 0.2) is 5.78 Å². The number of imide groups is 1. The van der Waals surface area contributed by atoms with Crippen molar-refractivity contribution in [3.8, 4) is 5.75 Å². The molecule has 3 heterocycles. The van der Waals surface area contributed by atoms with Gasteiger partial charge >= 0.3 is 0 Å². The summed E-state index contributed by atoms with van der Waals surface area (Å²) in [6.07, 6.45) is 3.93. The van der Waals surface area contributed by atoms with Gasteiger partial charge in [-0.2, -0.15) is 0 Å². The first-order valence-corrected chi connectivity index (χ1v) is 12.3. The summed E-state index contributed by atoms with van der Waals surface area (Å²) in [6, 6.07) is 18.0. The van der Waals surface area contributed by atoms with Crippen molar-refractivity contribution in [1.82, 2.24) is 0 Å². The minimum absolute atomic E-state index is 0.0430. The lowest BCUT2D eigenvalue weighted by molar-refractivity contribution is -0.132. The van der Waals surface area contributed by atoms with Gasteiger partial charge in [-0.25, -0.2) is 4.90 Å². The van der Waals surface area contributed by atoms with Crippen LogP contribution >= 0.6 is 0 Å². The number of carbonyl (C=O) groups is 3. The number of methoxy groups -OCH3 is 1. The number of hydrogen-bond donors (Lipinski definition) is 0. The number of benzene rings is 3. The van der Waals surface area contributed by atoms with Crippen molar-refractivity contribution in [3.05, 3.63) is 72.3 Å². The van der Waals surface area contributed by atoms with Crippen LogP contribution in [0.2, 0.25) is 0 Å². The molecule has 4 atom stereocenters. The second-order valence-electron chi connectivity index (χ2n) is 10.8. The molecule has 0 bridgehead atoms. The smallest absolute Gasteiger partial charge is 0.240 e. The zero-order chi connectivity index (χ0) is 25.4. The van der Waals surface area contributed by atoms with Crippen molar-refractivity contribution in [2.45, 2.75) is 32.9 Å². The molecule has 2 fully saturated rings. The highest BCUT2D eigenvalue weighted by Crippen LogP contribution is 2.51. The van der Waals surface area contributed by atoms with Crippen LogP contribution in [0.25, 0.3) is 16.8 Å². The van der Waals surface area contributed by atoms with Gasteiger partial charge in [0.2, 0.25) is 11.8 Å². The topological polar surface area (TPSA) is 66.9 Å². The molecule has 0 spiro atoms. The predicted molar refractivity (Wildman–Crippen MR) is 140 cm³/mol. The van der Waals surface area contributed by atoms with Crippen LogP contribution in [0.3, 0.4) is 0 Å². The normalized spacial score (nSPS) is 24.7. The van der Waals surface area contributed by atoms with Gasteiger partial charge in [0.05, 0.1) is 30.7 Å². The third-order valence-electron chi connectivity index (χ3n) is 7.71. The van der Waals surface area contributed by atoms with Gasteiger partial charge in [0.1, 0.15) is 11.8 Å². The number of carbonyl (C=O) groups excluding carboxylic acids is 3. The van der Waals surface area contributed by atoms with Crippen LogP contribution < -0.4 is 14.5 Å². The highest BCUT2D eigenvalue weighted by molar-refractivity contribution is 6.25. The number of anilines is 2. The molecule has 2 saturated heterocycles. The van der Waals surface area contributed by atoms with Crippen LogP contribution in [-0.4, -0.2) is 36.8 Å². The van der Waals surface area contributed by atoms with Gasteiger partial charge in [-0.05, 0) is 41.1 Å². The highest BCUT2D eigenvalue weighted by Gasteiger charge is 2.65. The first kappa shape index (κ1) is 22.5. The molecule has 2 amide bonds. The average Bonchev–Trinajstić information content (AvgIpc) is 3.34. The zero-order valence-corrected chi connectivity index (χ0v) is 20.8. The zero-order valence-electron chi connectivity index (χ0n) is 20.8. The van der Waals surface area contributed by atoms with E-state index in [2.05, 4.69) is 0 Å². The van der Waals surface area contributed by atoms with Gasteiger partial charge in [0, 0.05) is 16.7 Å². The Labute approximate surface area is 210 Å². The average molecular weight is 481 g/mol. The number of Topliss-reactive ketones (excluding diaryl/α,β-unsaturated/α-hetero) is 1. The van der Waals surface area contributed by atoms with Crippen LogP contribution in [0, 0.1) is 17.3 Å². The summed E-state index contributed by atoms with van der Waals surface area (Å²) in [6.45, 7) is 5.61. The van der Waals surface area contributed by atoms with Crippen LogP contribution in [0.4, 0.5) is 11.4 Å². The van der Waals surface area contributed by atoms with Crippen molar-refractivity contribution >= 4 is 45.8 Å². The molecule has 3 aromatic carbocycles. The number of fused-ring (bicyclic) bond motifs is 6. The Bertz CT molecular complexity index is 1470.